The van der Waals surface area contributed by atoms with Crippen LogP contribution in [-0.4, -0.2) is 38.2 Å². The van der Waals surface area contributed by atoms with E-state index in [2.05, 4.69) is 30.5 Å². The Morgan fingerprint density at radius 2 is 1.85 bits per heavy atom. The van der Waals surface area contributed by atoms with Crippen molar-refractivity contribution in [3.8, 4) is 0 Å². The van der Waals surface area contributed by atoms with E-state index in [-0.39, 0.29) is 51.8 Å². The highest BCUT2D eigenvalue weighted by molar-refractivity contribution is 5.87. The molecule has 0 amide bonds. The summed E-state index contributed by atoms with van der Waals surface area (Å²) in [6.07, 6.45) is 8.14. The minimum Gasteiger partial charge on any atom is -0.393 e. The van der Waals surface area contributed by atoms with Gasteiger partial charge in [-0.05, 0) is 86.5 Å². The van der Waals surface area contributed by atoms with Gasteiger partial charge in [0.1, 0.15) is 5.69 Å². The molecular weight excluding hydrogens is 518 g/mol. The maximum absolute atomic E-state index is 11.8. The quantitative estimate of drug-likeness (QED) is 0.185. The number of hydrazone groups is 1. The van der Waals surface area contributed by atoms with Gasteiger partial charge in [0.15, 0.2) is 0 Å². The number of hydrogen-bond acceptors (Lipinski definition) is 9. The van der Waals surface area contributed by atoms with Crippen LogP contribution in [0, 0.1) is 70.8 Å². The monoisotopic (exact) mass is 555 g/mol. The number of nitro benzene ring substituents is 2. The van der Waals surface area contributed by atoms with Crippen molar-refractivity contribution in [3.05, 3.63) is 60.2 Å². The van der Waals surface area contributed by atoms with Gasteiger partial charge in [-0.25, -0.2) is 0 Å². The van der Waals surface area contributed by atoms with E-state index in [1.807, 2.05) is 6.92 Å². The first kappa shape index (κ1) is 28.1. The van der Waals surface area contributed by atoms with Gasteiger partial charge in [0.25, 0.3) is 5.69 Å². The number of aliphatic hydroxyl groups excluding tert-OH is 1. The molecule has 0 saturated heterocycles. The second-order valence-corrected chi connectivity index (χ2v) is 12.8. The molecule has 12 nitrogen and oxygen atoms in total. The van der Waals surface area contributed by atoms with E-state index in [4.69, 9.17) is 0 Å². The Morgan fingerprint density at radius 3 is 2.52 bits per heavy atom. The smallest absolute Gasteiger partial charge is 0.301 e. The molecule has 1 aromatic rings. The van der Waals surface area contributed by atoms with Crippen LogP contribution in [0.5, 0.6) is 0 Å². The number of rotatable bonds is 7. The van der Waals surface area contributed by atoms with E-state index >= 15 is 0 Å². The maximum Gasteiger partial charge on any atom is 0.301 e. The Bertz CT molecular complexity index is 1300. The van der Waals surface area contributed by atoms with Crippen molar-refractivity contribution in [1.29, 1.82) is 0 Å². The van der Waals surface area contributed by atoms with E-state index in [9.17, 15) is 35.4 Å². The lowest BCUT2D eigenvalue weighted by atomic mass is 9.47. The van der Waals surface area contributed by atoms with Gasteiger partial charge >= 0.3 is 5.69 Å². The van der Waals surface area contributed by atoms with Crippen LogP contribution in [0.2, 0.25) is 0 Å². The average molecular weight is 556 g/mol. The number of fused-ring (bicyclic) bond motifs is 5. The third kappa shape index (κ3) is 4.65. The molecule has 0 radical (unpaired) electrons. The fourth-order valence-corrected chi connectivity index (χ4v) is 9.11. The summed E-state index contributed by atoms with van der Waals surface area (Å²) in [4.78, 5) is 32.8. The van der Waals surface area contributed by atoms with Crippen LogP contribution >= 0.6 is 0 Å². The number of allylic oxidation sites excluding steroid dienone is 1. The van der Waals surface area contributed by atoms with Crippen molar-refractivity contribution in [3.63, 3.8) is 0 Å². The normalized spacial score (nSPS) is 37.0. The fraction of sp³-hybridized carbons (Fsp3) is 0.679. The molecule has 3 fully saturated rings. The van der Waals surface area contributed by atoms with E-state index in [0.29, 0.717) is 17.5 Å². The van der Waals surface area contributed by atoms with Crippen molar-refractivity contribution in [2.24, 2.45) is 45.5 Å². The molecule has 1 aromatic carbocycles. The molecule has 0 bridgehead atoms. The predicted octanol–water partition coefficient (Wildman–Crippen LogP) is 5.73. The number of hydrogen-bond donors (Lipinski definition) is 2. The largest absolute Gasteiger partial charge is 0.393 e. The first-order chi connectivity index (χ1) is 18.8. The van der Waals surface area contributed by atoms with Crippen LogP contribution in [0.25, 0.3) is 0 Å². The standard InChI is InChI=1S/C28H37N5O7/c1-16(29-30-24-7-5-19(32(37)38)14-25(24)33(39)40)26-17(15-31(35)36)12-23-21-6-4-18-13-20(34)8-10-27(18,2)22(21)9-11-28(23,26)3/h4-5,7,14,17,20-23,26,30,34H,6,8-13,15H2,1-3H3/b29-16+/t17-,20-,21-,22-,23+,26-,27-,28-/m0/s1. The summed E-state index contributed by atoms with van der Waals surface area (Å²) >= 11 is 0. The second-order valence-electron chi connectivity index (χ2n) is 12.8. The molecule has 3 saturated carbocycles. The molecule has 0 aromatic heterocycles. The zero-order chi connectivity index (χ0) is 29.0. The number of aliphatic hydroxyl groups is 1. The van der Waals surface area contributed by atoms with Crippen molar-refractivity contribution in [2.45, 2.75) is 71.8 Å². The summed E-state index contributed by atoms with van der Waals surface area (Å²) < 4.78 is 0. The van der Waals surface area contributed by atoms with Crippen LogP contribution in [0.4, 0.5) is 17.1 Å². The van der Waals surface area contributed by atoms with Crippen molar-refractivity contribution >= 4 is 22.8 Å². The summed E-state index contributed by atoms with van der Waals surface area (Å²) in [5.74, 6) is 0.763. The van der Waals surface area contributed by atoms with Crippen LogP contribution in [0.15, 0.2) is 34.9 Å². The molecular formula is C28H37N5O7. The Labute approximate surface area is 232 Å². The first-order valence-electron chi connectivity index (χ1n) is 14.1. The molecule has 216 valence electrons. The van der Waals surface area contributed by atoms with E-state index in [0.717, 1.165) is 51.0 Å². The van der Waals surface area contributed by atoms with E-state index < -0.39 is 21.2 Å². The van der Waals surface area contributed by atoms with Gasteiger partial charge < -0.3 is 5.11 Å². The molecule has 0 heterocycles. The summed E-state index contributed by atoms with van der Waals surface area (Å²) in [7, 11) is 0. The SMILES string of the molecule is C/C(=N\Nc1ccc([N+](=O)[O-])cc1[N+](=O)[O-])[C@H]1[C@H](C[N+](=O)[O-])C[C@@H]2[C@H]3CC=C4C[C@@H](O)CC[C@]4(C)[C@H]3CC[C@@]21C. The lowest BCUT2D eigenvalue weighted by Crippen LogP contribution is -2.51. The molecule has 8 atom stereocenters. The lowest BCUT2D eigenvalue weighted by molar-refractivity contribution is -0.489. The summed E-state index contributed by atoms with van der Waals surface area (Å²) in [5, 5.41) is 49.2. The Kier molecular flexibility index (Phi) is 7.18. The van der Waals surface area contributed by atoms with Gasteiger partial charge in [0.05, 0.1) is 22.0 Å². The number of anilines is 1. The third-order valence-electron chi connectivity index (χ3n) is 10.8. The summed E-state index contributed by atoms with van der Waals surface area (Å²) in [6.45, 7) is 6.24. The van der Waals surface area contributed by atoms with Gasteiger partial charge in [0, 0.05) is 28.5 Å². The zero-order valence-electron chi connectivity index (χ0n) is 23.1. The fourth-order valence-electron chi connectivity index (χ4n) is 9.11. The van der Waals surface area contributed by atoms with Gasteiger partial charge in [-0.2, -0.15) is 5.10 Å². The Balaban J connectivity index is 1.45. The van der Waals surface area contributed by atoms with Gasteiger partial charge in [0.2, 0.25) is 6.54 Å². The van der Waals surface area contributed by atoms with Gasteiger partial charge in [-0.15, -0.1) is 0 Å². The summed E-state index contributed by atoms with van der Waals surface area (Å²) in [5.41, 5.74) is 3.80. The van der Waals surface area contributed by atoms with Crippen molar-refractivity contribution in [1.82, 2.24) is 0 Å². The van der Waals surface area contributed by atoms with E-state index in [1.165, 1.54) is 17.7 Å². The van der Waals surface area contributed by atoms with Crippen LogP contribution < -0.4 is 5.43 Å². The third-order valence-corrected chi connectivity index (χ3v) is 10.8. The lowest BCUT2D eigenvalue weighted by Gasteiger charge is -2.58. The molecule has 0 spiro atoms. The molecule has 0 aliphatic heterocycles. The minimum atomic E-state index is -0.695. The molecule has 4 aliphatic rings. The Morgan fingerprint density at radius 1 is 1.10 bits per heavy atom. The van der Waals surface area contributed by atoms with Crippen molar-refractivity contribution in [2.75, 3.05) is 12.0 Å². The molecule has 5 rings (SSSR count). The minimum absolute atomic E-state index is 0.0292. The number of nitrogens with one attached hydrogen (secondary N) is 1. The topological polar surface area (TPSA) is 174 Å². The molecule has 2 N–H and O–H groups in total. The van der Waals surface area contributed by atoms with Crippen LogP contribution in [-0.2, 0) is 0 Å². The van der Waals surface area contributed by atoms with E-state index in [1.54, 1.807) is 0 Å². The van der Waals surface area contributed by atoms with Crippen LogP contribution in [0.1, 0.15) is 65.7 Å². The average Bonchev–Trinajstić information content (AvgIpc) is 3.18. The number of nitro groups is 3. The highest BCUT2D eigenvalue weighted by Crippen LogP contribution is 2.67. The molecule has 0 unspecified atom stereocenters. The zero-order valence-corrected chi connectivity index (χ0v) is 23.1. The van der Waals surface area contributed by atoms with Gasteiger partial charge in [-0.3, -0.25) is 35.8 Å². The molecule has 40 heavy (non-hydrogen) atoms. The number of non-ortho nitro benzene ring substituents is 1. The second kappa shape index (κ2) is 10.2. The number of benzene rings is 1. The molecule has 4 aliphatic carbocycles. The Hall–Kier alpha value is -3.41. The molecule has 12 heteroatoms. The highest BCUT2D eigenvalue weighted by atomic mass is 16.6. The number of nitrogens with zero attached hydrogens (tertiary/aromatic N) is 4. The first-order valence-corrected chi connectivity index (χ1v) is 14.1. The highest BCUT2D eigenvalue weighted by Gasteiger charge is 2.62. The van der Waals surface area contributed by atoms with Crippen LogP contribution in [0.3, 0.4) is 0 Å². The predicted molar refractivity (Wildman–Crippen MR) is 148 cm³/mol. The van der Waals surface area contributed by atoms with Crippen molar-refractivity contribution < 1.29 is 19.9 Å². The maximum atomic E-state index is 11.8. The van der Waals surface area contributed by atoms with Gasteiger partial charge in [-0.1, -0.05) is 25.5 Å². The summed E-state index contributed by atoms with van der Waals surface area (Å²) in [6, 6.07) is 3.34.